The molecule has 0 aliphatic rings. The molecular formula is C16H22N4O. The fourth-order valence-electron chi connectivity index (χ4n) is 2.04. The molecule has 5 nitrogen and oxygen atoms in total. The molecule has 0 saturated heterocycles. The number of ether oxygens (including phenoxy) is 1. The van der Waals surface area contributed by atoms with Gasteiger partial charge in [0.05, 0.1) is 18.3 Å². The Balaban J connectivity index is 2.28. The highest BCUT2D eigenvalue weighted by Gasteiger charge is 2.17. The number of pyridine rings is 1. The van der Waals surface area contributed by atoms with Gasteiger partial charge in [0, 0.05) is 18.6 Å². The summed E-state index contributed by atoms with van der Waals surface area (Å²) < 4.78 is 5.71. The van der Waals surface area contributed by atoms with Crippen molar-refractivity contribution in [1.82, 2.24) is 20.3 Å². The molecule has 0 amide bonds. The molecule has 21 heavy (non-hydrogen) atoms. The summed E-state index contributed by atoms with van der Waals surface area (Å²) in [5.41, 5.74) is 1.01. The Morgan fingerprint density at radius 3 is 2.62 bits per heavy atom. The van der Waals surface area contributed by atoms with Crippen molar-refractivity contribution < 1.29 is 4.74 Å². The predicted molar refractivity (Wildman–Crippen MR) is 82.2 cm³/mol. The lowest BCUT2D eigenvalue weighted by Gasteiger charge is -2.18. The van der Waals surface area contributed by atoms with Crippen LogP contribution in [0, 0.1) is 0 Å². The molecule has 0 aliphatic carbocycles. The van der Waals surface area contributed by atoms with Gasteiger partial charge in [-0.25, -0.2) is 9.97 Å². The molecular weight excluding hydrogens is 264 g/mol. The van der Waals surface area contributed by atoms with Crippen LogP contribution in [0.3, 0.4) is 0 Å². The van der Waals surface area contributed by atoms with E-state index in [2.05, 4.69) is 27.2 Å². The van der Waals surface area contributed by atoms with Gasteiger partial charge in [0.15, 0.2) is 0 Å². The molecule has 0 bridgehead atoms. The Morgan fingerprint density at radius 1 is 1.19 bits per heavy atom. The Morgan fingerprint density at radius 2 is 1.95 bits per heavy atom. The molecule has 2 rings (SSSR count). The minimum atomic E-state index is -0.0747. The molecule has 0 saturated carbocycles. The highest BCUT2D eigenvalue weighted by atomic mass is 16.5. The van der Waals surface area contributed by atoms with E-state index >= 15 is 0 Å². The summed E-state index contributed by atoms with van der Waals surface area (Å²) in [6, 6.07) is 3.74. The van der Waals surface area contributed by atoms with Crippen LogP contribution < -0.4 is 10.1 Å². The van der Waals surface area contributed by atoms with Gasteiger partial charge in [-0.15, -0.1) is 0 Å². The Hall–Kier alpha value is -2.01. The second-order valence-electron chi connectivity index (χ2n) is 5.11. The summed E-state index contributed by atoms with van der Waals surface area (Å²) in [5.74, 6) is 1.51. The molecule has 1 unspecified atom stereocenters. The van der Waals surface area contributed by atoms with Gasteiger partial charge in [-0.1, -0.05) is 6.92 Å². The average molecular weight is 286 g/mol. The van der Waals surface area contributed by atoms with Crippen LogP contribution in [0.5, 0.6) is 5.75 Å². The fraction of sp³-hybridized carbons (Fsp3) is 0.438. The number of nitrogens with one attached hydrogen (secondary N) is 1. The van der Waals surface area contributed by atoms with Crippen LogP contribution in [0.25, 0.3) is 0 Å². The fourth-order valence-corrected chi connectivity index (χ4v) is 2.04. The minimum Gasteiger partial charge on any atom is -0.489 e. The second-order valence-corrected chi connectivity index (χ2v) is 5.11. The molecule has 5 heteroatoms. The zero-order valence-corrected chi connectivity index (χ0v) is 12.8. The van der Waals surface area contributed by atoms with E-state index in [1.54, 1.807) is 18.6 Å². The van der Waals surface area contributed by atoms with Crippen molar-refractivity contribution in [3.8, 4) is 5.75 Å². The number of rotatable bonds is 7. The number of hydrogen-bond donors (Lipinski definition) is 1. The lowest BCUT2D eigenvalue weighted by Crippen LogP contribution is -2.25. The SMILES string of the molecule is CCCNC(c1cncc(OC(C)C)c1)c1ncccn1. The first-order valence-electron chi connectivity index (χ1n) is 7.32. The summed E-state index contributed by atoms with van der Waals surface area (Å²) in [6.45, 7) is 7.02. The molecule has 2 aromatic heterocycles. The smallest absolute Gasteiger partial charge is 0.149 e. The van der Waals surface area contributed by atoms with Crippen LogP contribution in [-0.4, -0.2) is 27.6 Å². The molecule has 2 aromatic rings. The van der Waals surface area contributed by atoms with Crippen molar-refractivity contribution in [3.05, 3.63) is 48.3 Å². The quantitative estimate of drug-likeness (QED) is 0.848. The van der Waals surface area contributed by atoms with Gasteiger partial charge in [0.1, 0.15) is 11.6 Å². The third-order valence-corrected chi connectivity index (χ3v) is 2.88. The molecule has 0 aromatic carbocycles. The molecule has 112 valence electrons. The summed E-state index contributed by atoms with van der Waals surface area (Å²) in [7, 11) is 0. The zero-order chi connectivity index (χ0) is 15.1. The van der Waals surface area contributed by atoms with E-state index in [-0.39, 0.29) is 12.1 Å². The highest BCUT2D eigenvalue weighted by Crippen LogP contribution is 2.22. The first kappa shape index (κ1) is 15.4. The third kappa shape index (κ3) is 4.49. The highest BCUT2D eigenvalue weighted by molar-refractivity contribution is 5.29. The Kier molecular flexibility index (Phi) is 5.63. The molecule has 0 aliphatic heterocycles. The van der Waals surface area contributed by atoms with E-state index in [4.69, 9.17) is 4.74 Å². The molecule has 1 N–H and O–H groups in total. The van der Waals surface area contributed by atoms with Crippen LogP contribution in [0.2, 0.25) is 0 Å². The maximum absolute atomic E-state index is 5.71. The molecule has 0 fully saturated rings. The van der Waals surface area contributed by atoms with Crippen LogP contribution in [0.1, 0.15) is 44.6 Å². The Bertz CT molecular complexity index is 545. The van der Waals surface area contributed by atoms with Crippen molar-refractivity contribution in [2.75, 3.05) is 6.54 Å². The van der Waals surface area contributed by atoms with E-state index in [9.17, 15) is 0 Å². The van der Waals surface area contributed by atoms with Crippen molar-refractivity contribution in [2.45, 2.75) is 39.3 Å². The third-order valence-electron chi connectivity index (χ3n) is 2.88. The normalized spacial score (nSPS) is 12.4. The maximum Gasteiger partial charge on any atom is 0.149 e. The van der Waals surface area contributed by atoms with Crippen LogP contribution in [-0.2, 0) is 0 Å². The number of hydrogen-bond acceptors (Lipinski definition) is 5. The van der Waals surface area contributed by atoms with Gasteiger partial charge in [-0.05, 0) is 44.5 Å². The van der Waals surface area contributed by atoms with Crippen LogP contribution >= 0.6 is 0 Å². The zero-order valence-electron chi connectivity index (χ0n) is 12.8. The van der Waals surface area contributed by atoms with Gasteiger partial charge in [0.2, 0.25) is 0 Å². The summed E-state index contributed by atoms with van der Waals surface area (Å²) >= 11 is 0. The van der Waals surface area contributed by atoms with E-state index in [1.807, 2.05) is 32.2 Å². The summed E-state index contributed by atoms with van der Waals surface area (Å²) in [5, 5.41) is 3.46. The van der Waals surface area contributed by atoms with Gasteiger partial charge >= 0.3 is 0 Å². The average Bonchev–Trinajstić information content (AvgIpc) is 2.48. The monoisotopic (exact) mass is 286 g/mol. The number of nitrogens with zero attached hydrogens (tertiary/aromatic N) is 3. The topological polar surface area (TPSA) is 59.9 Å². The van der Waals surface area contributed by atoms with Gasteiger partial charge in [-0.2, -0.15) is 0 Å². The second kappa shape index (κ2) is 7.69. The van der Waals surface area contributed by atoms with E-state index in [0.29, 0.717) is 0 Å². The molecule has 0 radical (unpaired) electrons. The van der Waals surface area contributed by atoms with E-state index < -0.39 is 0 Å². The number of aromatic nitrogens is 3. The van der Waals surface area contributed by atoms with Crippen LogP contribution in [0.15, 0.2) is 36.9 Å². The first-order chi connectivity index (χ1) is 10.2. The molecule has 0 spiro atoms. The van der Waals surface area contributed by atoms with E-state index in [0.717, 1.165) is 30.1 Å². The van der Waals surface area contributed by atoms with E-state index in [1.165, 1.54) is 0 Å². The van der Waals surface area contributed by atoms with Crippen molar-refractivity contribution in [1.29, 1.82) is 0 Å². The van der Waals surface area contributed by atoms with Gasteiger partial charge in [0.25, 0.3) is 0 Å². The first-order valence-corrected chi connectivity index (χ1v) is 7.32. The van der Waals surface area contributed by atoms with Crippen LogP contribution in [0.4, 0.5) is 0 Å². The largest absolute Gasteiger partial charge is 0.489 e. The van der Waals surface area contributed by atoms with Crippen molar-refractivity contribution >= 4 is 0 Å². The summed E-state index contributed by atoms with van der Waals surface area (Å²) in [6.07, 6.45) is 8.23. The summed E-state index contributed by atoms with van der Waals surface area (Å²) in [4.78, 5) is 13.0. The lowest BCUT2D eigenvalue weighted by atomic mass is 10.1. The molecule has 2 heterocycles. The van der Waals surface area contributed by atoms with Crippen molar-refractivity contribution in [3.63, 3.8) is 0 Å². The standard InChI is InChI=1S/C16H22N4O/c1-4-6-18-15(16-19-7-5-8-20-16)13-9-14(11-17-10-13)21-12(2)3/h5,7-12,15,18H,4,6H2,1-3H3. The maximum atomic E-state index is 5.71. The predicted octanol–water partition coefficient (Wildman–Crippen LogP) is 2.75. The van der Waals surface area contributed by atoms with Gasteiger partial charge in [-0.3, -0.25) is 4.98 Å². The van der Waals surface area contributed by atoms with Crippen molar-refractivity contribution in [2.24, 2.45) is 0 Å². The van der Waals surface area contributed by atoms with Gasteiger partial charge < -0.3 is 10.1 Å². The minimum absolute atomic E-state index is 0.0747. The molecule has 1 atom stereocenters. The Labute approximate surface area is 125 Å². The lowest BCUT2D eigenvalue weighted by molar-refractivity contribution is 0.241.